The highest BCUT2D eigenvalue weighted by Crippen LogP contribution is 2.21. The lowest BCUT2D eigenvalue weighted by molar-refractivity contribution is -0.122. The monoisotopic (exact) mass is 265 g/mol. The van der Waals surface area contributed by atoms with Crippen LogP contribution in [0.4, 0.5) is 5.69 Å². The summed E-state index contributed by atoms with van der Waals surface area (Å²) in [6, 6.07) is 6.61. The van der Waals surface area contributed by atoms with Crippen LogP contribution in [0.1, 0.15) is 26.3 Å². The van der Waals surface area contributed by atoms with E-state index in [0.717, 1.165) is 0 Å². The number of benzene rings is 1. The molecule has 1 amide bonds. The number of carbonyl (C=O) groups is 1. The van der Waals surface area contributed by atoms with Crippen molar-refractivity contribution in [3.05, 3.63) is 28.8 Å². The molecule has 0 bridgehead atoms. The molecule has 0 saturated carbocycles. The molecule has 0 saturated heterocycles. The second-order valence-electron chi connectivity index (χ2n) is 4.33. The second kappa shape index (κ2) is 6.27. The number of hydrogen-bond acceptors (Lipinski definition) is 3. The molecule has 1 unspecified atom stereocenters. The molecular formula is C13H16ClN3O. The van der Waals surface area contributed by atoms with Crippen LogP contribution in [0.3, 0.4) is 0 Å². The van der Waals surface area contributed by atoms with Crippen LogP contribution in [0.15, 0.2) is 18.2 Å². The minimum Gasteiger partial charge on any atom is -0.373 e. The summed E-state index contributed by atoms with van der Waals surface area (Å²) in [7, 11) is 0. The minimum absolute atomic E-state index is 0.0801. The first kappa shape index (κ1) is 14.3. The number of halogens is 1. The van der Waals surface area contributed by atoms with Gasteiger partial charge in [-0.05, 0) is 39.0 Å². The van der Waals surface area contributed by atoms with E-state index < -0.39 is 6.04 Å². The van der Waals surface area contributed by atoms with Gasteiger partial charge < -0.3 is 10.6 Å². The molecule has 1 atom stereocenters. The van der Waals surface area contributed by atoms with Crippen molar-refractivity contribution >= 4 is 23.2 Å². The molecule has 2 N–H and O–H groups in total. The third kappa shape index (κ3) is 3.94. The second-order valence-corrected chi connectivity index (χ2v) is 4.77. The molecule has 1 rings (SSSR count). The van der Waals surface area contributed by atoms with Crippen LogP contribution in [-0.2, 0) is 4.79 Å². The Bertz CT molecular complexity index is 480. The van der Waals surface area contributed by atoms with Crippen LogP contribution in [0.25, 0.3) is 0 Å². The summed E-state index contributed by atoms with van der Waals surface area (Å²) in [6.07, 6.45) is 0. The molecule has 18 heavy (non-hydrogen) atoms. The first-order valence-corrected chi connectivity index (χ1v) is 6.08. The zero-order chi connectivity index (χ0) is 13.7. The maximum atomic E-state index is 11.8. The predicted molar refractivity (Wildman–Crippen MR) is 72.5 cm³/mol. The van der Waals surface area contributed by atoms with Crippen molar-refractivity contribution in [1.82, 2.24) is 5.32 Å². The van der Waals surface area contributed by atoms with E-state index in [4.69, 9.17) is 16.9 Å². The molecular weight excluding hydrogens is 250 g/mol. The van der Waals surface area contributed by atoms with Gasteiger partial charge in [0.1, 0.15) is 12.1 Å². The summed E-state index contributed by atoms with van der Waals surface area (Å²) in [5, 5.41) is 15.3. The Labute approximate surface area is 112 Å². The summed E-state index contributed by atoms with van der Waals surface area (Å²) >= 11 is 5.87. The van der Waals surface area contributed by atoms with E-state index in [0.29, 0.717) is 16.3 Å². The Kier molecular flexibility index (Phi) is 4.99. The van der Waals surface area contributed by atoms with E-state index in [1.165, 1.54) is 0 Å². The van der Waals surface area contributed by atoms with E-state index in [2.05, 4.69) is 16.7 Å². The third-order valence-electron chi connectivity index (χ3n) is 2.30. The fourth-order valence-corrected chi connectivity index (χ4v) is 1.61. The Hall–Kier alpha value is -1.73. The number of anilines is 1. The fraction of sp³-hybridized carbons (Fsp3) is 0.385. The lowest BCUT2D eigenvalue weighted by Crippen LogP contribution is -2.41. The molecule has 1 aromatic carbocycles. The third-order valence-corrected chi connectivity index (χ3v) is 2.53. The van der Waals surface area contributed by atoms with Crippen LogP contribution < -0.4 is 10.6 Å². The van der Waals surface area contributed by atoms with Crippen molar-refractivity contribution in [1.29, 1.82) is 5.26 Å². The number of nitrogens with one attached hydrogen (secondary N) is 2. The average Bonchev–Trinajstić information content (AvgIpc) is 2.28. The van der Waals surface area contributed by atoms with Gasteiger partial charge in [-0.15, -0.1) is 0 Å². The normalized spacial score (nSPS) is 11.8. The van der Waals surface area contributed by atoms with Gasteiger partial charge in [-0.3, -0.25) is 4.79 Å². The van der Waals surface area contributed by atoms with Crippen LogP contribution in [0.2, 0.25) is 5.02 Å². The molecule has 96 valence electrons. The molecule has 0 radical (unpaired) electrons. The number of amides is 1. The van der Waals surface area contributed by atoms with Gasteiger partial charge in [0.2, 0.25) is 5.91 Å². The first-order valence-electron chi connectivity index (χ1n) is 5.70. The maximum absolute atomic E-state index is 11.8. The standard InChI is InChI=1S/C13H16ClN3O/c1-8(2)16-13(18)9(3)17-12-6-11(14)5-4-10(12)7-15/h4-6,8-9,17H,1-3H3,(H,16,18). The van der Waals surface area contributed by atoms with E-state index in [1.807, 2.05) is 13.8 Å². The van der Waals surface area contributed by atoms with Gasteiger partial charge >= 0.3 is 0 Å². The summed E-state index contributed by atoms with van der Waals surface area (Å²) < 4.78 is 0. The topological polar surface area (TPSA) is 64.9 Å². The van der Waals surface area contributed by atoms with Gasteiger partial charge in [0, 0.05) is 11.1 Å². The Balaban J connectivity index is 2.81. The number of rotatable bonds is 4. The maximum Gasteiger partial charge on any atom is 0.242 e. The number of carbonyl (C=O) groups excluding carboxylic acids is 1. The van der Waals surface area contributed by atoms with Gasteiger partial charge in [0.05, 0.1) is 11.3 Å². The van der Waals surface area contributed by atoms with Crippen molar-refractivity contribution < 1.29 is 4.79 Å². The van der Waals surface area contributed by atoms with E-state index in [1.54, 1.807) is 25.1 Å². The molecule has 4 nitrogen and oxygen atoms in total. The molecule has 0 aromatic heterocycles. The van der Waals surface area contributed by atoms with E-state index in [-0.39, 0.29) is 11.9 Å². The quantitative estimate of drug-likeness (QED) is 0.879. The molecule has 0 heterocycles. The molecule has 0 aliphatic carbocycles. The predicted octanol–water partition coefficient (Wildman–Crippen LogP) is 2.54. The average molecular weight is 266 g/mol. The van der Waals surface area contributed by atoms with Crippen molar-refractivity contribution in [2.75, 3.05) is 5.32 Å². The zero-order valence-electron chi connectivity index (χ0n) is 10.6. The molecule has 0 fully saturated rings. The first-order chi connectivity index (χ1) is 8.43. The number of nitriles is 1. The van der Waals surface area contributed by atoms with E-state index >= 15 is 0 Å². The SMILES string of the molecule is CC(C)NC(=O)C(C)Nc1cc(Cl)ccc1C#N. The van der Waals surface area contributed by atoms with Gasteiger partial charge in [-0.1, -0.05) is 11.6 Å². The summed E-state index contributed by atoms with van der Waals surface area (Å²) in [4.78, 5) is 11.8. The number of nitrogens with zero attached hydrogens (tertiary/aromatic N) is 1. The van der Waals surface area contributed by atoms with Gasteiger partial charge in [-0.2, -0.15) is 5.26 Å². The van der Waals surface area contributed by atoms with Crippen LogP contribution in [0, 0.1) is 11.3 Å². The largest absolute Gasteiger partial charge is 0.373 e. The molecule has 5 heteroatoms. The van der Waals surface area contributed by atoms with Crippen molar-refractivity contribution in [3.8, 4) is 6.07 Å². The lowest BCUT2D eigenvalue weighted by atomic mass is 10.1. The van der Waals surface area contributed by atoms with Crippen molar-refractivity contribution in [3.63, 3.8) is 0 Å². The summed E-state index contributed by atoms with van der Waals surface area (Å²) in [6.45, 7) is 5.52. The van der Waals surface area contributed by atoms with E-state index in [9.17, 15) is 4.79 Å². The van der Waals surface area contributed by atoms with Gasteiger partial charge in [-0.25, -0.2) is 0 Å². The Morgan fingerprint density at radius 1 is 1.39 bits per heavy atom. The Morgan fingerprint density at radius 2 is 2.06 bits per heavy atom. The summed E-state index contributed by atoms with van der Waals surface area (Å²) in [5.41, 5.74) is 1.03. The minimum atomic E-state index is -0.432. The van der Waals surface area contributed by atoms with Gasteiger partial charge in [0.15, 0.2) is 0 Å². The molecule has 1 aromatic rings. The number of hydrogen-bond donors (Lipinski definition) is 2. The zero-order valence-corrected chi connectivity index (χ0v) is 11.4. The lowest BCUT2D eigenvalue weighted by Gasteiger charge is -2.17. The smallest absolute Gasteiger partial charge is 0.242 e. The van der Waals surface area contributed by atoms with Crippen LogP contribution >= 0.6 is 11.6 Å². The van der Waals surface area contributed by atoms with Gasteiger partial charge in [0.25, 0.3) is 0 Å². The van der Waals surface area contributed by atoms with Crippen molar-refractivity contribution in [2.45, 2.75) is 32.9 Å². The molecule has 0 spiro atoms. The Morgan fingerprint density at radius 3 is 2.61 bits per heavy atom. The highest BCUT2D eigenvalue weighted by molar-refractivity contribution is 6.30. The van der Waals surface area contributed by atoms with Crippen LogP contribution in [-0.4, -0.2) is 18.0 Å². The fourth-order valence-electron chi connectivity index (χ4n) is 1.44. The summed E-state index contributed by atoms with van der Waals surface area (Å²) in [5.74, 6) is -0.117. The molecule has 0 aliphatic heterocycles. The highest BCUT2D eigenvalue weighted by atomic mass is 35.5. The highest BCUT2D eigenvalue weighted by Gasteiger charge is 2.15. The van der Waals surface area contributed by atoms with Crippen LogP contribution in [0.5, 0.6) is 0 Å². The van der Waals surface area contributed by atoms with Crippen molar-refractivity contribution in [2.24, 2.45) is 0 Å². The molecule has 0 aliphatic rings.